The van der Waals surface area contributed by atoms with Gasteiger partial charge in [0.1, 0.15) is 19.3 Å². The Balaban J connectivity index is 1.63. The first-order valence-electron chi connectivity index (χ1n) is 7.68. The van der Waals surface area contributed by atoms with Gasteiger partial charge in [-0.05, 0) is 50.6 Å². The molecule has 24 heavy (non-hydrogen) atoms. The van der Waals surface area contributed by atoms with E-state index in [1.807, 2.05) is 43.7 Å². The second-order valence-electron chi connectivity index (χ2n) is 5.63. The molecule has 0 amide bonds. The molecule has 0 saturated heterocycles. The second kappa shape index (κ2) is 6.66. The minimum Gasteiger partial charge on any atom is -0.460 e. The average molecular weight is 325 g/mol. The van der Waals surface area contributed by atoms with Crippen LogP contribution in [0.3, 0.4) is 0 Å². The van der Waals surface area contributed by atoms with Gasteiger partial charge in [-0.25, -0.2) is 14.5 Å². The lowest BCUT2D eigenvalue weighted by Gasteiger charge is -2.09. The van der Waals surface area contributed by atoms with E-state index in [9.17, 15) is 4.79 Å². The summed E-state index contributed by atoms with van der Waals surface area (Å²) in [5.74, 6) is -0.334. The SMILES string of the molecule is Cc1cc(C)n(CCOC(=O)c2ccc(-n3cncn3)cc2C)n1. The van der Waals surface area contributed by atoms with E-state index in [4.69, 9.17) is 4.74 Å². The van der Waals surface area contributed by atoms with E-state index >= 15 is 0 Å². The molecule has 0 atom stereocenters. The quantitative estimate of drug-likeness (QED) is 0.673. The molecular weight excluding hydrogens is 306 g/mol. The van der Waals surface area contributed by atoms with Crippen LogP contribution in [0.15, 0.2) is 36.9 Å². The number of benzene rings is 1. The molecule has 0 aliphatic carbocycles. The molecule has 2 heterocycles. The van der Waals surface area contributed by atoms with Gasteiger partial charge in [0.05, 0.1) is 23.5 Å². The summed E-state index contributed by atoms with van der Waals surface area (Å²) in [5, 5.41) is 8.42. The van der Waals surface area contributed by atoms with Gasteiger partial charge in [-0.2, -0.15) is 10.2 Å². The first-order valence-corrected chi connectivity index (χ1v) is 7.68. The van der Waals surface area contributed by atoms with Gasteiger partial charge in [-0.1, -0.05) is 0 Å². The van der Waals surface area contributed by atoms with Gasteiger partial charge in [0, 0.05) is 5.69 Å². The largest absolute Gasteiger partial charge is 0.460 e. The molecule has 0 aliphatic rings. The van der Waals surface area contributed by atoms with Gasteiger partial charge in [-0.3, -0.25) is 4.68 Å². The highest BCUT2D eigenvalue weighted by molar-refractivity contribution is 5.91. The van der Waals surface area contributed by atoms with Gasteiger partial charge in [0.15, 0.2) is 0 Å². The summed E-state index contributed by atoms with van der Waals surface area (Å²) in [6.45, 7) is 6.62. The zero-order valence-corrected chi connectivity index (χ0v) is 13.9. The summed E-state index contributed by atoms with van der Waals surface area (Å²) < 4.78 is 8.85. The van der Waals surface area contributed by atoms with Crippen LogP contribution in [-0.4, -0.2) is 37.1 Å². The van der Waals surface area contributed by atoms with Crippen molar-refractivity contribution in [3.8, 4) is 5.69 Å². The Morgan fingerprint density at radius 1 is 1.21 bits per heavy atom. The summed E-state index contributed by atoms with van der Waals surface area (Å²) in [5.41, 5.74) is 4.24. The van der Waals surface area contributed by atoms with Crippen LogP contribution in [0, 0.1) is 20.8 Å². The Hall–Kier alpha value is -2.96. The topological polar surface area (TPSA) is 74.8 Å². The van der Waals surface area contributed by atoms with Crippen molar-refractivity contribution in [2.75, 3.05) is 6.61 Å². The first-order chi connectivity index (χ1) is 11.5. The molecule has 0 fully saturated rings. The van der Waals surface area contributed by atoms with E-state index in [2.05, 4.69) is 15.2 Å². The lowest BCUT2D eigenvalue weighted by molar-refractivity contribution is 0.0486. The Bertz CT molecular complexity index is 852. The lowest BCUT2D eigenvalue weighted by Crippen LogP contribution is -2.14. The average Bonchev–Trinajstić information content (AvgIpc) is 3.17. The number of ether oxygens (including phenoxy) is 1. The van der Waals surface area contributed by atoms with Crippen LogP contribution in [-0.2, 0) is 11.3 Å². The van der Waals surface area contributed by atoms with Crippen molar-refractivity contribution in [1.82, 2.24) is 24.5 Å². The van der Waals surface area contributed by atoms with E-state index < -0.39 is 0 Å². The molecule has 1 aromatic carbocycles. The van der Waals surface area contributed by atoms with E-state index in [1.165, 1.54) is 6.33 Å². The van der Waals surface area contributed by atoms with E-state index in [1.54, 1.807) is 17.1 Å². The van der Waals surface area contributed by atoms with Gasteiger partial charge in [0.2, 0.25) is 0 Å². The maximum atomic E-state index is 12.3. The first kappa shape index (κ1) is 15.9. The molecule has 2 aromatic heterocycles. The van der Waals surface area contributed by atoms with Gasteiger partial charge in [-0.15, -0.1) is 0 Å². The Labute approximate surface area is 139 Å². The van der Waals surface area contributed by atoms with Gasteiger partial charge >= 0.3 is 5.97 Å². The summed E-state index contributed by atoms with van der Waals surface area (Å²) in [7, 11) is 0. The number of esters is 1. The smallest absolute Gasteiger partial charge is 0.338 e. The van der Waals surface area contributed by atoms with Gasteiger partial charge < -0.3 is 4.74 Å². The van der Waals surface area contributed by atoms with Gasteiger partial charge in [0.25, 0.3) is 0 Å². The number of carbonyl (C=O) groups is 1. The lowest BCUT2D eigenvalue weighted by atomic mass is 10.1. The maximum Gasteiger partial charge on any atom is 0.338 e. The van der Waals surface area contributed by atoms with Crippen molar-refractivity contribution >= 4 is 5.97 Å². The third-order valence-corrected chi connectivity index (χ3v) is 3.75. The molecule has 0 radical (unpaired) electrons. The molecule has 0 saturated carbocycles. The van der Waals surface area contributed by atoms with E-state index in [0.29, 0.717) is 12.1 Å². The number of carbonyl (C=O) groups excluding carboxylic acids is 1. The second-order valence-corrected chi connectivity index (χ2v) is 5.63. The molecule has 7 nitrogen and oxygen atoms in total. The van der Waals surface area contributed by atoms with Crippen LogP contribution >= 0.6 is 0 Å². The van der Waals surface area contributed by atoms with Crippen molar-refractivity contribution in [1.29, 1.82) is 0 Å². The number of nitrogens with zero attached hydrogens (tertiary/aromatic N) is 5. The van der Waals surface area contributed by atoms with Crippen LogP contribution < -0.4 is 0 Å². The van der Waals surface area contributed by atoms with Crippen molar-refractivity contribution in [3.05, 3.63) is 59.4 Å². The zero-order chi connectivity index (χ0) is 17.1. The minimum absolute atomic E-state index is 0.283. The predicted molar refractivity (Wildman–Crippen MR) is 88.1 cm³/mol. The summed E-state index contributed by atoms with van der Waals surface area (Å²) in [6, 6.07) is 7.44. The standard InChI is InChI=1S/C17H19N5O2/c1-12-8-15(22-11-18-10-19-22)4-5-16(12)17(23)24-7-6-21-14(3)9-13(2)20-21/h4-5,8-11H,6-7H2,1-3H3. The van der Waals surface area contributed by atoms with E-state index in [0.717, 1.165) is 22.6 Å². The highest BCUT2D eigenvalue weighted by atomic mass is 16.5. The Kier molecular flexibility index (Phi) is 4.41. The predicted octanol–water partition coefficient (Wildman–Crippen LogP) is 2.25. The van der Waals surface area contributed by atoms with Crippen molar-refractivity contribution < 1.29 is 9.53 Å². The molecule has 0 bridgehead atoms. The highest BCUT2D eigenvalue weighted by Gasteiger charge is 2.12. The Morgan fingerprint density at radius 3 is 2.67 bits per heavy atom. The highest BCUT2D eigenvalue weighted by Crippen LogP contribution is 2.15. The van der Waals surface area contributed by atoms with Crippen LogP contribution in [0.2, 0.25) is 0 Å². The molecule has 7 heteroatoms. The van der Waals surface area contributed by atoms with Crippen molar-refractivity contribution in [3.63, 3.8) is 0 Å². The molecule has 124 valence electrons. The molecule has 3 aromatic rings. The third-order valence-electron chi connectivity index (χ3n) is 3.75. The van der Waals surface area contributed by atoms with Crippen LogP contribution in [0.5, 0.6) is 0 Å². The molecule has 0 unspecified atom stereocenters. The number of aryl methyl sites for hydroxylation is 3. The fourth-order valence-corrected chi connectivity index (χ4v) is 2.56. The van der Waals surface area contributed by atoms with Crippen LogP contribution in [0.25, 0.3) is 5.69 Å². The van der Waals surface area contributed by atoms with Crippen LogP contribution in [0.4, 0.5) is 0 Å². The van der Waals surface area contributed by atoms with E-state index in [-0.39, 0.29) is 12.6 Å². The van der Waals surface area contributed by atoms with Crippen molar-refractivity contribution in [2.24, 2.45) is 0 Å². The normalized spacial score (nSPS) is 10.8. The zero-order valence-electron chi connectivity index (χ0n) is 13.9. The number of hydrogen-bond acceptors (Lipinski definition) is 5. The molecular formula is C17H19N5O2. The van der Waals surface area contributed by atoms with Crippen LogP contribution in [0.1, 0.15) is 27.3 Å². The number of aromatic nitrogens is 5. The fourth-order valence-electron chi connectivity index (χ4n) is 2.56. The molecule has 0 N–H and O–H groups in total. The molecule has 0 spiro atoms. The van der Waals surface area contributed by atoms with Crippen molar-refractivity contribution in [2.45, 2.75) is 27.3 Å². The summed E-state index contributed by atoms with van der Waals surface area (Å²) >= 11 is 0. The molecule has 3 rings (SSSR count). The third kappa shape index (κ3) is 3.34. The number of hydrogen-bond donors (Lipinski definition) is 0. The molecule has 0 aliphatic heterocycles. The monoisotopic (exact) mass is 325 g/mol. The number of rotatable bonds is 5. The summed E-state index contributed by atoms with van der Waals surface area (Å²) in [4.78, 5) is 16.2. The summed E-state index contributed by atoms with van der Waals surface area (Å²) in [6.07, 6.45) is 3.08. The maximum absolute atomic E-state index is 12.3. The Morgan fingerprint density at radius 2 is 2.04 bits per heavy atom. The fraction of sp³-hybridized carbons (Fsp3) is 0.294. The minimum atomic E-state index is -0.334.